The summed E-state index contributed by atoms with van der Waals surface area (Å²) >= 11 is 0. The van der Waals surface area contributed by atoms with E-state index in [9.17, 15) is 14.4 Å². The van der Waals surface area contributed by atoms with Gasteiger partial charge in [0.2, 0.25) is 5.91 Å². The Morgan fingerprint density at radius 2 is 1.94 bits per heavy atom. The lowest BCUT2D eigenvalue weighted by Crippen LogP contribution is -2.15. The number of hydrogen-bond acceptors (Lipinski definition) is 5. The van der Waals surface area contributed by atoms with Crippen molar-refractivity contribution in [2.24, 2.45) is 5.92 Å². The maximum Gasteiger partial charge on any atom is 0.337 e. The smallest absolute Gasteiger partial charge is 0.337 e. The number of esters is 1. The van der Waals surface area contributed by atoms with E-state index in [1.807, 2.05) is 12.1 Å². The van der Waals surface area contributed by atoms with Gasteiger partial charge in [-0.05, 0) is 42.2 Å². The molecular formula is C25H27N3O4. The van der Waals surface area contributed by atoms with E-state index in [0.29, 0.717) is 46.5 Å². The molecular weight excluding hydrogens is 406 g/mol. The highest BCUT2D eigenvalue weighted by atomic mass is 16.5. The molecule has 166 valence electrons. The number of carbonyl (C=O) groups excluding carboxylic acids is 2. The molecule has 0 saturated heterocycles. The van der Waals surface area contributed by atoms with Crippen molar-refractivity contribution in [3.8, 4) is 0 Å². The van der Waals surface area contributed by atoms with Crippen LogP contribution >= 0.6 is 0 Å². The number of amides is 1. The summed E-state index contributed by atoms with van der Waals surface area (Å²) in [4.78, 5) is 36.6. The van der Waals surface area contributed by atoms with Crippen LogP contribution in [0.5, 0.6) is 0 Å². The third-order valence-corrected chi connectivity index (χ3v) is 6.13. The highest BCUT2D eigenvalue weighted by Crippen LogP contribution is 2.28. The number of fused-ring (bicyclic) bond motifs is 1. The predicted molar refractivity (Wildman–Crippen MR) is 123 cm³/mol. The normalized spacial score (nSPS) is 13.9. The van der Waals surface area contributed by atoms with E-state index in [1.165, 1.54) is 32.8 Å². The van der Waals surface area contributed by atoms with E-state index in [-0.39, 0.29) is 11.5 Å². The Morgan fingerprint density at radius 1 is 1.12 bits per heavy atom. The van der Waals surface area contributed by atoms with Crippen LogP contribution in [-0.2, 0) is 16.0 Å². The van der Waals surface area contributed by atoms with Crippen LogP contribution in [0.25, 0.3) is 10.8 Å². The summed E-state index contributed by atoms with van der Waals surface area (Å²) in [5.41, 5.74) is 2.30. The number of nitrogens with one attached hydrogen (secondary N) is 2. The highest BCUT2D eigenvalue weighted by Gasteiger charge is 2.16. The second-order valence-corrected chi connectivity index (χ2v) is 8.37. The first-order valence-corrected chi connectivity index (χ1v) is 11.0. The monoisotopic (exact) mass is 433 g/mol. The molecule has 7 heteroatoms. The highest BCUT2D eigenvalue weighted by molar-refractivity contribution is 5.94. The van der Waals surface area contributed by atoms with Crippen molar-refractivity contribution in [3.63, 3.8) is 0 Å². The molecule has 2 aromatic carbocycles. The van der Waals surface area contributed by atoms with Crippen LogP contribution < -0.4 is 10.9 Å². The summed E-state index contributed by atoms with van der Waals surface area (Å²) in [6.07, 6.45) is 6.82. The van der Waals surface area contributed by atoms with Gasteiger partial charge in [-0.3, -0.25) is 9.59 Å². The van der Waals surface area contributed by atoms with Crippen LogP contribution in [-0.4, -0.2) is 29.2 Å². The van der Waals surface area contributed by atoms with Gasteiger partial charge in [0.15, 0.2) is 0 Å². The number of nitrogens with zero attached hydrogens (tertiary/aromatic N) is 1. The second-order valence-electron chi connectivity index (χ2n) is 8.37. The van der Waals surface area contributed by atoms with Crippen molar-refractivity contribution >= 4 is 28.3 Å². The van der Waals surface area contributed by atoms with E-state index in [1.54, 1.807) is 30.3 Å². The van der Waals surface area contributed by atoms with Crippen molar-refractivity contribution in [1.82, 2.24) is 10.2 Å². The summed E-state index contributed by atoms with van der Waals surface area (Å²) in [6.45, 7) is 0. The Bertz CT molecular complexity index is 1200. The van der Waals surface area contributed by atoms with Gasteiger partial charge in [0.05, 0.1) is 23.8 Å². The van der Waals surface area contributed by atoms with Crippen LogP contribution in [0.15, 0.2) is 47.3 Å². The summed E-state index contributed by atoms with van der Waals surface area (Å²) in [6, 6.07) is 12.4. The zero-order valence-corrected chi connectivity index (χ0v) is 18.1. The topological polar surface area (TPSA) is 101 Å². The summed E-state index contributed by atoms with van der Waals surface area (Å²) in [5, 5.41) is 10.9. The zero-order valence-electron chi connectivity index (χ0n) is 18.1. The third-order valence-electron chi connectivity index (χ3n) is 6.13. The Kier molecular flexibility index (Phi) is 6.63. The van der Waals surface area contributed by atoms with Gasteiger partial charge in [-0.15, -0.1) is 0 Å². The number of methoxy groups -OCH3 is 1. The lowest BCUT2D eigenvalue weighted by molar-refractivity contribution is -0.116. The molecule has 32 heavy (non-hydrogen) atoms. The lowest BCUT2D eigenvalue weighted by atomic mass is 10.0. The zero-order chi connectivity index (χ0) is 22.5. The van der Waals surface area contributed by atoms with Gasteiger partial charge in [0.1, 0.15) is 0 Å². The predicted octanol–water partition coefficient (Wildman–Crippen LogP) is 4.21. The number of H-pyrrole nitrogens is 1. The number of benzene rings is 2. The number of anilines is 1. The van der Waals surface area contributed by atoms with E-state index in [2.05, 4.69) is 15.5 Å². The molecule has 1 fully saturated rings. The van der Waals surface area contributed by atoms with E-state index < -0.39 is 5.97 Å². The summed E-state index contributed by atoms with van der Waals surface area (Å²) < 4.78 is 4.78. The standard InChI is InChI=1S/C25H27N3O4/c1-32-25(31)18-8-4-7-17(13-18)14-22-20-11-10-19(15-21(20)24(30)28-27-22)26-23(29)12-9-16-5-2-3-6-16/h4,7-8,10-11,13,15-16H,2-3,5-6,9,12,14H2,1H3,(H,26,29)(H,28,30). The number of aromatic nitrogens is 2. The molecule has 3 aromatic rings. The van der Waals surface area contributed by atoms with Gasteiger partial charge in [0.25, 0.3) is 5.56 Å². The molecule has 1 amide bonds. The van der Waals surface area contributed by atoms with Crippen LogP contribution in [0.2, 0.25) is 0 Å². The first-order valence-electron chi connectivity index (χ1n) is 11.0. The first-order chi connectivity index (χ1) is 15.5. The van der Waals surface area contributed by atoms with Gasteiger partial charge >= 0.3 is 5.97 Å². The van der Waals surface area contributed by atoms with Crippen LogP contribution in [0.1, 0.15) is 60.1 Å². The fraction of sp³-hybridized carbons (Fsp3) is 0.360. The molecule has 1 aromatic heterocycles. The van der Waals surface area contributed by atoms with Crippen molar-refractivity contribution < 1.29 is 14.3 Å². The molecule has 0 aliphatic heterocycles. The Labute approximate surface area is 186 Å². The fourth-order valence-electron chi connectivity index (χ4n) is 4.41. The molecule has 4 rings (SSSR count). The van der Waals surface area contributed by atoms with E-state index in [4.69, 9.17) is 4.74 Å². The lowest BCUT2D eigenvalue weighted by Gasteiger charge is -2.11. The molecule has 0 unspecified atom stereocenters. The maximum atomic E-state index is 12.4. The van der Waals surface area contributed by atoms with Crippen molar-refractivity contribution in [2.75, 3.05) is 12.4 Å². The summed E-state index contributed by atoms with van der Waals surface area (Å²) in [5.74, 6) is 0.229. The minimum Gasteiger partial charge on any atom is -0.465 e. The van der Waals surface area contributed by atoms with Crippen molar-refractivity contribution in [1.29, 1.82) is 0 Å². The van der Waals surface area contributed by atoms with Gasteiger partial charge in [-0.25, -0.2) is 9.89 Å². The Morgan fingerprint density at radius 3 is 2.72 bits per heavy atom. The molecule has 1 heterocycles. The van der Waals surface area contributed by atoms with Crippen LogP contribution in [0, 0.1) is 5.92 Å². The summed E-state index contributed by atoms with van der Waals surface area (Å²) in [7, 11) is 1.34. The van der Waals surface area contributed by atoms with Gasteiger partial charge in [-0.2, -0.15) is 5.10 Å². The molecule has 0 bridgehead atoms. The maximum absolute atomic E-state index is 12.4. The van der Waals surface area contributed by atoms with Crippen molar-refractivity contribution in [3.05, 3.63) is 69.6 Å². The molecule has 0 atom stereocenters. The Balaban J connectivity index is 1.52. The molecule has 1 aliphatic carbocycles. The molecule has 7 nitrogen and oxygen atoms in total. The minimum absolute atomic E-state index is 0.0263. The number of ether oxygens (including phenoxy) is 1. The first kappa shape index (κ1) is 21.7. The third kappa shape index (κ3) is 5.04. The number of hydrogen-bond donors (Lipinski definition) is 2. The number of rotatable bonds is 7. The van der Waals surface area contributed by atoms with E-state index in [0.717, 1.165) is 12.0 Å². The van der Waals surface area contributed by atoms with Crippen LogP contribution in [0.4, 0.5) is 5.69 Å². The largest absolute Gasteiger partial charge is 0.465 e. The van der Waals surface area contributed by atoms with Gasteiger partial charge < -0.3 is 10.1 Å². The molecule has 0 radical (unpaired) electrons. The van der Waals surface area contributed by atoms with Crippen molar-refractivity contribution in [2.45, 2.75) is 44.9 Å². The average Bonchev–Trinajstić information content (AvgIpc) is 3.33. The van der Waals surface area contributed by atoms with Gasteiger partial charge in [0, 0.05) is 23.9 Å². The quantitative estimate of drug-likeness (QED) is 0.544. The number of carbonyl (C=O) groups is 2. The Hall–Kier alpha value is -3.48. The van der Waals surface area contributed by atoms with Crippen LogP contribution in [0.3, 0.4) is 0 Å². The fourth-order valence-corrected chi connectivity index (χ4v) is 4.41. The molecule has 1 saturated carbocycles. The SMILES string of the molecule is COC(=O)c1cccc(Cc2n[nH]c(=O)c3cc(NC(=O)CCC4CCCC4)ccc23)c1. The van der Waals surface area contributed by atoms with Gasteiger partial charge in [-0.1, -0.05) is 43.9 Å². The molecule has 2 N–H and O–H groups in total. The average molecular weight is 434 g/mol. The molecule has 1 aliphatic rings. The second kappa shape index (κ2) is 9.77. The van der Waals surface area contributed by atoms with E-state index >= 15 is 0 Å². The minimum atomic E-state index is -0.403. The molecule has 0 spiro atoms. The number of aromatic amines is 1.